The van der Waals surface area contributed by atoms with Gasteiger partial charge in [-0.05, 0) is 48.1 Å². The van der Waals surface area contributed by atoms with Crippen LogP contribution in [0.15, 0.2) is 60.9 Å². The molecule has 0 aliphatic heterocycles. The number of ether oxygens (including phenoxy) is 1. The molecular weight excluding hydrogens is 400 g/mol. The molecule has 32 heavy (non-hydrogen) atoms. The summed E-state index contributed by atoms with van der Waals surface area (Å²) in [6, 6.07) is 16.8. The van der Waals surface area contributed by atoms with Crippen LogP contribution in [-0.4, -0.2) is 32.0 Å². The first-order valence-corrected chi connectivity index (χ1v) is 11.4. The second-order valence-corrected chi connectivity index (χ2v) is 8.51. The van der Waals surface area contributed by atoms with E-state index >= 15 is 0 Å². The van der Waals surface area contributed by atoms with Crippen LogP contribution in [-0.2, 0) is 35.2 Å². The average Bonchev–Trinajstić information content (AvgIpc) is 3.41. The topological polar surface area (TPSA) is 61.4 Å². The van der Waals surface area contributed by atoms with Crippen molar-refractivity contribution in [2.45, 2.75) is 51.5 Å². The molecule has 1 unspecified atom stereocenters. The molecule has 6 nitrogen and oxygen atoms in total. The molecule has 5 rings (SSSR count). The Kier molecular flexibility index (Phi) is 5.75. The molecule has 0 radical (unpaired) electrons. The molecule has 0 fully saturated rings. The molecule has 0 amide bonds. The molecule has 0 saturated carbocycles. The molecule has 164 valence electrons. The number of carbonyl (C=O) groups excluding carboxylic acids is 1. The average molecular weight is 429 g/mol. The zero-order valence-electron chi connectivity index (χ0n) is 18.4. The molecule has 1 aliphatic carbocycles. The van der Waals surface area contributed by atoms with Crippen molar-refractivity contribution < 1.29 is 9.53 Å². The first kappa shape index (κ1) is 20.5. The number of pyridine rings is 1. The molecule has 3 heterocycles. The molecule has 0 saturated heterocycles. The van der Waals surface area contributed by atoms with Crippen molar-refractivity contribution in [2.75, 3.05) is 6.61 Å². The lowest BCUT2D eigenvalue weighted by Gasteiger charge is -2.23. The Morgan fingerprint density at radius 1 is 1.16 bits per heavy atom. The molecule has 0 spiro atoms. The van der Waals surface area contributed by atoms with E-state index in [0.717, 1.165) is 48.9 Å². The van der Waals surface area contributed by atoms with Gasteiger partial charge in [0.2, 0.25) is 0 Å². The Bertz CT molecular complexity index is 1230. The second kappa shape index (κ2) is 8.99. The third kappa shape index (κ3) is 4.05. The maximum atomic E-state index is 12.4. The van der Waals surface area contributed by atoms with Crippen molar-refractivity contribution in [2.24, 2.45) is 0 Å². The minimum Gasteiger partial charge on any atom is -0.465 e. The summed E-state index contributed by atoms with van der Waals surface area (Å²) in [5.74, 6) is -0.144. The Morgan fingerprint density at radius 2 is 2.00 bits per heavy atom. The molecule has 0 N–H and O–H groups in total. The molecule has 1 atom stereocenters. The first-order chi connectivity index (χ1) is 15.7. The van der Waals surface area contributed by atoms with E-state index < -0.39 is 0 Å². The molecule has 4 aromatic rings. The summed E-state index contributed by atoms with van der Waals surface area (Å²) in [7, 11) is 0. The van der Waals surface area contributed by atoms with Crippen LogP contribution in [0.4, 0.5) is 0 Å². The number of aromatic nitrogens is 4. The van der Waals surface area contributed by atoms with Gasteiger partial charge in [0.1, 0.15) is 0 Å². The summed E-state index contributed by atoms with van der Waals surface area (Å²) >= 11 is 0. The fourth-order valence-corrected chi connectivity index (χ4v) is 4.76. The molecular formula is C26H28N4O2. The predicted molar refractivity (Wildman–Crippen MR) is 123 cm³/mol. The zero-order chi connectivity index (χ0) is 21.9. The summed E-state index contributed by atoms with van der Waals surface area (Å²) in [6.07, 6.45) is 8.92. The number of fused-ring (bicyclic) bond motifs is 3. The Morgan fingerprint density at radius 3 is 2.84 bits per heavy atom. The SMILES string of the molecule is CCCOC(=O)Cc1c2c(n3ccccc13)CC(n1cc(Cc3ccccc3)nn1)CC2. The van der Waals surface area contributed by atoms with Gasteiger partial charge in [0, 0.05) is 36.4 Å². The van der Waals surface area contributed by atoms with Gasteiger partial charge >= 0.3 is 5.97 Å². The number of benzene rings is 1. The highest BCUT2D eigenvalue weighted by Crippen LogP contribution is 2.35. The van der Waals surface area contributed by atoms with E-state index in [9.17, 15) is 4.79 Å². The van der Waals surface area contributed by atoms with E-state index in [0.29, 0.717) is 13.0 Å². The molecule has 1 aromatic carbocycles. The van der Waals surface area contributed by atoms with Crippen LogP contribution in [0.3, 0.4) is 0 Å². The summed E-state index contributed by atoms with van der Waals surface area (Å²) < 4.78 is 9.64. The lowest BCUT2D eigenvalue weighted by atomic mass is 9.90. The third-order valence-electron chi connectivity index (χ3n) is 6.28. The normalized spacial score (nSPS) is 15.6. The Balaban J connectivity index is 1.39. The van der Waals surface area contributed by atoms with Crippen molar-refractivity contribution in [3.63, 3.8) is 0 Å². The largest absolute Gasteiger partial charge is 0.465 e. The van der Waals surface area contributed by atoms with Gasteiger partial charge < -0.3 is 9.14 Å². The summed E-state index contributed by atoms with van der Waals surface area (Å²) in [4.78, 5) is 12.4. The van der Waals surface area contributed by atoms with Crippen LogP contribution in [0.25, 0.3) is 5.52 Å². The quantitative estimate of drug-likeness (QED) is 0.411. The summed E-state index contributed by atoms with van der Waals surface area (Å²) in [6.45, 7) is 2.49. The van der Waals surface area contributed by atoms with Crippen molar-refractivity contribution in [3.05, 3.63) is 89.0 Å². The van der Waals surface area contributed by atoms with Crippen LogP contribution in [0, 0.1) is 0 Å². The minimum absolute atomic E-state index is 0.144. The van der Waals surface area contributed by atoms with Gasteiger partial charge in [-0.3, -0.25) is 4.79 Å². The van der Waals surface area contributed by atoms with Crippen LogP contribution >= 0.6 is 0 Å². The highest BCUT2D eigenvalue weighted by Gasteiger charge is 2.28. The van der Waals surface area contributed by atoms with Gasteiger partial charge in [-0.25, -0.2) is 4.68 Å². The third-order valence-corrected chi connectivity index (χ3v) is 6.28. The molecule has 1 aliphatic rings. The minimum atomic E-state index is -0.144. The highest BCUT2D eigenvalue weighted by molar-refractivity contribution is 5.78. The van der Waals surface area contributed by atoms with E-state index in [1.165, 1.54) is 16.8 Å². The van der Waals surface area contributed by atoms with Crippen LogP contribution in [0.2, 0.25) is 0 Å². The standard InChI is InChI=1S/C26H28N4O2/c1-2-14-32-26(31)17-23-22-12-11-21(16-25(22)29-13-7-6-10-24(23)29)30-18-20(27-28-30)15-19-8-4-3-5-9-19/h3-10,13,18,21H,2,11-12,14-17H2,1H3. The zero-order valence-corrected chi connectivity index (χ0v) is 18.4. The smallest absolute Gasteiger partial charge is 0.310 e. The molecule has 3 aromatic heterocycles. The van der Waals surface area contributed by atoms with Gasteiger partial charge in [-0.15, -0.1) is 5.10 Å². The van der Waals surface area contributed by atoms with Crippen LogP contribution in [0.5, 0.6) is 0 Å². The number of hydrogen-bond acceptors (Lipinski definition) is 4. The van der Waals surface area contributed by atoms with E-state index in [4.69, 9.17) is 4.74 Å². The van der Waals surface area contributed by atoms with Crippen molar-refractivity contribution in [1.82, 2.24) is 19.4 Å². The first-order valence-electron chi connectivity index (χ1n) is 11.4. The van der Waals surface area contributed by atoms with E-state index in [1.54, 1.807) is 0 Å². The number of esters is 1. The number of hydrogen-bond donors (Lipinski definition) is 0. The van der Waals surface area contributed by atoms with Crippen molar-refractivity contribution >= 4 is 11.5 Å². The van der Waals surface area contributed by atoms with E-state index in [2.05, 4.69) is 57.4 Å². The van der Waals surface area contributed by atoms with E-state index in [1.807, 2.05) is 29.8 Å². The lowest BCUT2D eigenvalue weighted by Crippen LogP contribution is -2.20. The monoisotopic (exact) mass is 428 g/mol. The van der Waals surface area contributed by atoms with E-state index in [-0.39, 0.29) is 12.0 Å². The number of carbonyl (C=O) groups is 1. The van der Waals surface area contributed by atoms with Crippen molar-refractivity contribution in [3.8, 4) is 0 Å². The number of rotatable bonds is 7. The second-order valence-electron chi connectivity index (χ2n) is 8.51. The maximum absolute atomic E-state index is 12.4. The summed E-state index contributed by atoms with van der Waals surface area (Å²) in [5, 5.41) is 8.88. The lowest BCUT2D eigenvalue weighted by molar-refractivity contribution is -0.142. The van der Waals surface area contributed by atoms with Gasteiger partial charge in [0.05, 0.1) is 24.8 Å². The summed E-state index contributed by atoms with van der Waals surface area (Å²) in [5.41, 5.74) is 7.02. The molecule has 6 heteroatoms. The van der Waals surface area contributed by atoms with Gasteiger partial charge in [-0.2, -0.15) is 0 Å². The van der Waals surface area contributed by atoms with Gasteiger partial charge in [0.15, 0.2) is 0 Å². The fourth-order valence-electron chi connectivity index (χ4n) is 4.76. The van der Waals surface area contributed by atoms with Crippen LogP contribution in [0.1, 0.15) is 53.9 Å². The van der Waals surface area contributed by atoms with Crippen molar-refractivity contribution in [1.29, 1.82) is 0 Å². The predicted octanol–water partition coefficient (Wildman–Crippen LogP) is 4.35. The molecule has 0 bridgehead atoms. The Hall–Kier alpha value is -3.41. The number of nitrogens with zero attached hydrogens (tertiary/aromatic N) is 4. The maximum Gasteiger partial charge on any atom is 0.310 e. The van der Waals surface area contributed by atoms with Gasteiger partial charge in [0.25, 0.3) is 0 Å². The Labute approximate surface area is 187 Å². The highest BCUT2D eigenvalue weighted by atomic mass is 16.5. The van der Waals surface area contributed by atoms with Gasteiger partial charge in [-0.1, -0.05) is 48.5 Å². The fraction of sp³-hybridized carbons (Fsp3) is 0.346. The van der Waals surface area contributed by atoms with Crippen LogP contribution < -0.4 is 0 Å².